The molecule has 5 rings (SSSR count). The fourth-order valence-corrected chi connectivity index (χ4v) is 3.62. The highest BCUT2D eigenvalue weighted by Crippen LogP contribution is 2.39. The van der Waals surface area contributed by atoms with Crippen molar-refractivity contribution in [2.75, 3.05) is 13.2 Å². The molecule has 1 saturated heterocycles. The van der Waals surface area contributed by atoms with Crippen LogP contribution in [0.15, 0.2) is 36.5 Å². The van der Waals surface area contributed by atoms with Crippen LogP contribution in [-0.2, 0) is 9.47 Å². The SMILES string of the molecule is CC1(N)COC(c2nc(-c3ccc(F)cc3)c(-c3ccnc(C(N)C4CC4)n3)[nH]2)OC1. The number of rotatable bonds is 5. The Morgan fingerprint density at radius 2 is 1.84 bits per heavy atom. The van der Waals surface area contributed by atoms with Gasteiger partial charge in [-0.3, -0.25) is 0 Å². The number of hydrogen-bond donors (Lipinski definition) is 3. The van der Waals surface area contributed by atoms with Crippen molar-refractivity contribution in [1.29, 1.82) is 0 Å². The Bertz CT molecular complexity index is 1070. The maximum Gasteiger partial charge on any atom is 0.217 e. The van der Waals surface area contributed by atoms with Crippen molar-refractivity contribution in [3.05, 3.63) is 54.0 Å². The van der Waals surface area contributed by atoms with E-state index < -0.39 is 11.8 Å². The molecule has 2 aromatic heterocycles. The van der Waals surface area contributed by atoms with E-state index in [-0.39, 0.29) is 11.9 Å². The summed E-state index contributed by atoms with van der Waals surface area (Å²) in [5.74, 6) is 1.21. The lowest BCUT2D eigenvalue weighted by Crippen LogP contribution is -2.50. The molecule has 31 heavy (non-hydrogen) atoms. The molecule has 9 heteroatoms. The van der Waals surface area contributed by atoms with Crippen molar-refractivity contribution >= 4 is 0 Å². The first-order valence-electron chi connectivity index (χ1n) is 10.4. The summed E-state index contributed by atoms with van der Waals surface area (Å²) in [6, 6.07) is 7.76. The molecule has 1 aliphatic heterocycles. The number of nitrogens with one attached hydrogen (secondary N) is 1. The van der Waals surface area contributed by atoms with Crippen LogP contribution in [0.3, 0.4) is 0 Å². The first kappa shape index (κ1) is 20.2. The molecule has 0 radical (unpaired) electrons. The molecule has 0 bridgehead atoms. The number of imidazole rings is 1. The molecule has 1 aromatic carbocycles. The van der Waals surface area contributed by atoms with Gasteiger partial charge in [-0.15, -0.1) is 0 Å². The molecule has 3 aromatic rings. The van der Waals surface area contributed by atoms with Gasteiger partial charge in [0.25, 0.3) is 0 Å². The number of nitrogens with zero attached hydrogens (tertiary/aromatic N) is 3. The average molecular weight is 424 g/mol. The van der Waals surface area contributed by atoms with Crippen LogP contribution in [0.4, 0.5) is 4.39 Å². The molecule has 0 spiro atoms. The minimum Gasteiger partial charge on any atom is -0.344 e. The molecule has 8 nitrogen and oxygen atoms in total. The van der Waals surface area contributed by atoms with Crippen LogP contribution in [0.5, 0.6) is 0 Å². The summed E-state index contributed by atoms with van der Waals surface area (Å²) in [5, 5.41) is 0. The molecule has 1 aliphatic carbocycles. The highest BCUT2D eigenvalue weighted by molar-refractivity contribution is 5.76. The molecule has 2 aliphatic rings. The number of aromatic amines is 1. The van der Waals surface area contributed by atoms with E-state index in [0.29, 0.717) is 47.9 Å². The molecule has 2 fully saturated rings. The second-order valence-electron chi connectivity index (χ2n) is 8.62. The fourth-order valence-electron chi connectivity index (χ4n) is 3.62. The predicted molar refractivity (Wildman–Crippen MR) is 112 cm³/mol. The number of nitrogens with two attached hydrogens (primary N) is 2. The van der Waals surface area contributed by atoms with Gasteiger partial charge in [0.1, 0.15) is 11.6 Å². The molecule has 162 valence electrons. The maximum absolute atomic E-state index is 13.5. The smallest absolute Gasteiger partial charge is 0.217 e. The highest BCUT2D eigenvalue weighted by atomic mass is 19.1. The van der Waals surface area contributed by atoms with E-state index in [1.54, 1.807) is 24.4 Å². The van der Waals surface area contributed by atoms with Crippen molar-refractivity contribution in [3.63, 3.8) is 0 Å². The van der Waals surface area contributed by atoms with Crippen LogP contribution >= 0.6 is 0 Å². The van der Waals surface area contributed by atoms with E-state index in [1.165, 1.54) is 12.1 Å². The van der Waals surface area contributed by atoms with Crippen LogP contribution in [-0.4, -0.2) is 38.7 Å². The van der Waals surface area contributed by atoms with Gasteiger partial charge >= 0.3 is 0 Å². The summed E-state index contributed by atoms with van der Waals surface area (Å²) < 4.78 is 25.1. The van der Waals surface area contributed by atoms with Crippen molar-refractivity contribution in [1.82, 2.24) is 19.9 Å². The van der Waals surface area contributed by atoms with Crippen molar-refractivity contribution in [3.8, 4) is 22.6 Å². The molecule has 1 atom stereocenters. The standard InChI is InChI=1S/C22H25FN6O2/c1-22(25)10-30-21(31-11-22)20-28-17(13-4-6-14(23)7-5-13)18(29-20)15-8-9-26-19(27-15)16(24)12-2-3-12/h4-9,12,16,21H,2-3,10-11,24-25H2,1H3,(H,28,29). The second-order valence-corrected chi connectivity index (χ2v) is 8.62. The summed E-state index contributed by atoms with van der Waals surface area (Å²) in [5.41, 5.74) is 14.5. The van der Waals surface area contributed by atoms with Crippen molar-refractivity contribution < 1.29 is 13.9 Å². The number of halogens is 1. The summed E-state index contributed by atoms with van der Waals surface area (Å²) in [7, 11) is 0. The van der Waals surface area contributed by atoms with Gasteiger partial charge in [-0.1, -0.05) is 0 Å². The van der Waals surface area contributed by atoms with Gasteiger partial charge in [-0.2, -0.15) is 0 Å². The van der Waals surface area contributed by atoms with Gasteiger partial charge in [0.2, 0.25) is 6.29 Å². The van der Waals surface area contributed by atoms with E-state index >= 15 is 0 Å². The zero-order chi connectivity index (χ0) is 21.6. The zero-order valence-electron chi connectivity index (χ0n) is 17.2. The quantitative estimate of drug-likeness (QED) is 0.575. The monoisotopic (exact) mass is 424 g/mol. The lowest BCUT2D eigenvalue weighted by molar-refractivity contribution is -0.211. The van der Waals surface area contributed by atoms with Crippen LogP contribution in [0.2, 0.25) is 0 Å². The Morgan fingerprint density at radius 3 is 2.52 bits per heavy atom. The van der Waals surface area contributed by atoms with Crippen molar-refractivity contribution in [2.45, 2.75) is 37.6 Å². The predicted octanol–water partition coefficient (Wildman–Crippen LogP) is 2.85. The molecule has 1 unspecified atom stereocenters. The first-order chi connectivity index (χ1) is 14.9. The minimum absolute atomic E-state index is 0.191. The third kappa shape index (κ3) is 4.22. The highest BCUT2D eigenvalue weighted by Gasteiger charge is 2.33. The van der Waals surface area contributed by atoms with E-state index in [1.807, 2.05) is 6.92 Å². The van der Waals surface area contributed by atoms with Crippen LogP contribution < -0.4 is 11.5 Å². The van der Waals surface area contributed by atoms with E-state index in [2.05, 4.69) is 9.97 Å². The number of hydrogen-bond acceptors (Lipinski definition) is 7. The molecule has 1 saturated carbocycles. The lowest BCUT2D eigenvalue weighted by atomic mass is 10.1. The first-order valence-corrected chi connectivity index (χ1v) is 10.4. The average Bonchev–Trinajstić information content (AvgIpc) is 3.52. The van der Waals surface area contributed by atoms with Gasteiger partial charge in [0, 0.05) is 11.8 Å². The Balaban J connectivity index is 1.54. The van der Waals surface area contributed by atoms with Crippen LogP contribution in [0, 0.1) is 11.7 Å². The second kappa shape index (κ2) is 7.76. The third-order valence-electron chi connectivity index (χ3n) is 5.55. The van der Waals surface area contributed by atoms with E-state index in [9.17, 15) is 4.39 Å². The number of ether oxygens (including phenoxy) is 2. The Hall–Kier alpha value is -2.72. The van der Waals surface area contributed by atoms with Crippen molar-refractivity contribution in [2.24, 2.45) is 17.4 Å². The van der Waals surface area contributed by atoms with Gasteiger partial charge < -0.3 is 25.9 Å². The summed E-state index contributed by atoms with van der Waals surface area (Å²) in [4.78, 5) is 17.1. The molecular weight excluding hydrogens is 399 g/mol. The Kier molecular flexibility index (Phi) is 5.05. The number of benzene rings is 1. The zero-order valence-corrected chi connectivity index (χ0v) is 17.2. The molecule has 0 amide bonds. The Morgan fingerprint density at radius 1 is 1.13 bits per heavy atom. The fraction of sp³-hybridized carbons (Fsp3) is 0.409. The van der Waals surface area contributed by atoms with Gasteiger partial charge in [-0.05, 0) is 56.0 Å². The van der Waals surface area contributed by atoms with Crippen LogP contribution in [0.1, 0.15) is 43.7 Å². The molecule has 3 heterocycles. The number of H-pyrrole nitrogens is 1. The van der Waals surface area contributed by atoms with Gasteiger partial charge in [0.05, 0.1) is 41.9 Å². The van der Waals surface area contributed by atoms with E-state index in [4.69, 9.17) is 30.9 Å². The summed E-state index contributed by atoms with van der Waals surface area (Å²) in [6.45, 7) is 2.55. The topological polar surface area (TPSA) is 125 Å². The Labute approximate surface area is 179 Å². The van der Waals surface area contributed by atoms with Gasteiger partial charge in [0.15, 0.2) is 5.82 Å². The molecular formula is C22H25FN6O2. The summed E-state index contributed by atoms with van der Waals surface area (Å²) >= 11 is 0. The van der Waals surface area contributed by atoms with Crippen LogP contribution in [0.25, 0.3) is 22.6 Å². The normalized spacial score (nSPS) is 24.8. The molecule has 5 N–H and O–H groups in total. The third-order valence-corrected chi connectivity index (χ3v) is 5.55. The maximum atomic E-state index is 13.5. The summed E-state index contributed by atoms with van der Waals surface area (Å²) in [6.07, 6.45) is 3.21. The minimum atomic E-state index is -0.681. The van der Waals surface area contributed by atoms with Gasteiger partial charge in [-0.25, -0.2) is 19.3 Å². The van der Waals surface area contributed by atoms with E-state index in [0.717, 1.165) is 18.4 Å². The lowest BCUT2D eigenvalue weighted by Gasteiger charge is -2.33. The number of aromatic nitrogens is 4. The largest absolute Gasteiger partial charge is 0.344 e.